The van der Waals surface area contributed by atoms with Crippen LogP contribution in [-0.2, 0) is 0 Å². The molecule has 35 rings (SSSR count). The molecule has 0 amide bonds. The summed E-state index contributed by atoms with van der Waals surface area (Å²) in [4.78, 5) is 3.81. The smallest absolute Gasteiger partial charge is 0.0544 e. The van der Waals surface area contributed by atoms with Gasteiger partial charge in [-0.3, -0.25) is 0 Å². The second kappa shape index (κ2) is 26.4. The molecule has 1 aromatic heterocycles. The van der Waals surface area contributed by atoms with Crippen LogP contribution in [0.3, 0.4) is 0 Å². The van der Waals surface area contributed by atoms with Crippen molar-refractivity contribution < 1.29 is 0 Å². The molecule has 0 radical (unpaired) electrons. The van der Waals surface area contributed by atoms with Crippen molar-refractivity contribution in [1.29, 1.82) is 0 Å². The third kappa shape index (κ3) is 9.51. The number of aromatic amines is 1. The molecule has 638 valence electrons. The maximum atomic E-state index is 3.81. The van der Waals surface area contributed by atoms with E-state index in [1.807, 2.05) is 0 Å². The predicted octanol–water partition coefficient (Wildman–Crippen LogP) is 40.2. The Morgan fingerprint density at radius 1 is 0.0780 bits per heavy atom. The number of aromatic nitrogens is 1. The molecular formula is C140H73N. The number of nitrogens with one attached hydrogen (secondary N) is 1. The average Bonchev–Trinajstić information content (AvgIpc) is 1.46. The second-order valence-electron chi connectivity index (χ2n) is 40.4. The summed E-state index contributed by atoms with van der Waals surface area (Å²) >= 11 is 0. The summed E-state index contributed by atoms with van der Waals surface area (Å²) in [6, 6.07) is 170. The van der Waals surface area contributed by atoms with E-state index in [1.54, 1.807) is 0 Å². The summed E-state index contributed by atoms with van der Waals surface area (Å²) in [5.74, 6) is 0. The van der Waals surface area contributed by atoms with Crippen LogP contribution in [0.2, 0.25) is 0 Å². The molecule has 0 saturated heterocycles. The zero-order valence-electron chi connectivity index (χ0n) is 76.1. The number of fused-ring (bicyclic) bond motifs is 67. The molecule has 141 heavy (non-hydrogen) atoms. The number of rotatable bonds is 0. The van der Waals surface area contributed by atoms with E-state index < -0.39 is 0 Å². The topological polar surface area (TPSA) is 15.8 Å². The van der Waals surface area contributed by atoms with Crippen LogP contribution >= 0.6 is 0 Å². The van der Waals surface area contributed by atoms with E-state index in [9.17, 15) is 0 Å². The Balaban J connectivity index is 0.503. The summed E-state index contributed by atoms with van der Waals surface area (Å²) in [5, 5.41) is 84.0. The monoisotopic (exact) mass is 1770 g/mol. The summed E-state index contributed by atoms with van der Waals surface area (Å²) in [6.45, 7) is 0. The van der Waals surface area contributed by atoms with Crippen LogP contribution in [0.25, 0.3) is 367 Å². The standard InChI is InChI=1S/C140H73N/c1-2-6-89-73(5-1)9-41-92-90(89)40-10-74-11-43-94-93(125(74)92)42-12-75-13-45-96-95(126(75)94)44-14-76-15-47-98-97(127(76)96)46-16-77-17-49-100-99(128(77)98)48-18-78-19-51-102-101(129(78)100)50-20-79-21-53-104-103(130(79)102)52-22-80-23-55-106-105(131(80)104)54-24-81-25-57-108-107(132(81)106)56-26-82-27-59-110-109(133(82)108)58-28-83-29-61-112-111(134(83)110)60-30-84-31-63-114-113(135(84)112)62-32-85-33-65-116-115(136(85)114)64-34-86-35-67-118-117(137(86)116)66-36-87-37-69-120-119(138(87)118)68-38-88-39-70-123-121(139(88)120)71-72-122-91-7-3-4-8-124(91)141-140(122)123/h1-72,141H. The average molecular weight is 1770 g/mol. The van der Waals surface area contributed by atoms with Crippen molar-refractivity contribution in [3.63, 3.8) is 0 Å². The van der Waals surface area contributed by atoms with Gasteiger partial charge in [0.2, 0.25) is 0 Å². The van der Waals surface area contributed by atoms with Gasteiger partial charge in [-0.2, -0.15) is 0 Å². The van der Waals surface area contributed by atoms with Gasteiger partial charge in [-0.25, -0.2) is 0 Å². The van der Waals surface area contributed by atoms with Gasteiger partial charge in [0.05, 0.1) is 5.52 Å². The highest BCUT2D eigenvalue weighted by Crippen LogP contribution is 2.53. The fraction of sp³-hybridized carbons (Fsp3) is 0. The van der Waals surface area contributed by atoms with Crippen molar-refractivity contribution >= 4 is 367 Å². The highest BCUT2D eigenvalue weighted by Gasteiger charge is 2.25. The number of H-pyrrole nitrogens is 1. The van der Waals surface area contributed by atoms with E-state index >= 15 is 0 Å². The minimum absolute atomic E-state index is 1.17. The minimum atomic E-state index is 1.17. The van der Waals surface area contributed by atoms with Crippen molar-refractivity contribution in [3.8, 4) is 0 Å². The van der Waals surface area contributed by atoms with Gasteiger partial charge < -0.3 is 4.98 Å². The molecule has 1 heteroatoms. The van der Waals surface area contributed by atoms with Gasteiger partial charge in [0.1, 0.15) is 0 Å². The first-order chi connectivity index (χ1) is 69.9. The fourth-order valence-electron chi connectivity index (χ4n) is 28.0. The molecule has 0 unspecified atom stereocenters. The molecule has 34 aromatic carbocycles. The third-order valence-corrected chi connectivity index (χ3v) is 34.1. The summed E-state index contributed by atoms with van der Waals surface area (Å²) < 4.78 is 0. The van der Waals surface area contributed by atoms with Crippen LogP contribution < -0.4 is 0 Å². The van der Waals surface area contributed by atoms with Crippen molar-refractivity contribution in [3.05, 3.63) is 437 Å². The summed E-state index contributed by atoms with van der Waals surface area (Å²) in [7, 11) is 0. The molecule has 0 saturated carbocycles. The normalized spacial score (nSPS) is 12.8. The lowest BCUT2D eigenvalue weighted by atomic mass is 9.86. The van der Waals surface area contributed by atoms with Crippen LogP contribution in [0.4, 0.5) is 0 Å². The number of hydrogen-bond donors (Lipinski definition) is 1. The molecular weight excluding hydrogens is 1700 g/mol. The maximum Gasteiger partial charge on any atom is 0.0544 e. The largest absolute Gasteiger partial charge is 0.354 e. The quantitative estimate of drug-likeness (QED) is 0.146. The number of benzene rings is 34. The molecule has 0 atom stereocenters. The Morgan fingerprint density at radius 2 is 0.199 bits per heavy atom. The van der Waals surface area contributed by atoms with Crippen molar-refractivity contribution in [2.24, 2.45) is 0 Å². The zero-order chi connectivity index (χ0) is 90.9. The van der Waals surface area contributed by atoms with Crippen LogP contribution in [0, 0.1) is 0 Å². The Hall–Kier alpha value is -18.4. The highest BCUT2D eigenvalue weighted by molar-refractivity contribution is 6.44. The lowest BCUT2D eigenvalue weighted by molar-refractivity contribution is 1.56. The van der Waals surface area contributed by atoms with Crippen molar-refractivity contribution in [2.45, 2.75) is 0 Å². The Morgan fingerprint density at radius 3 is 0.397 bits per heavy atom. The van der Waals surface area contributed by atoms with Crippen LogP contribution in [0.5, 0.6) is 0 Å². The van der Waals surface area contributed by atoms with Crippen molar-refractivity contribution in [1.82, 2.24) is 4.98 Å². The fourth-order valence-corrected chi connectivity index (χ4v) is 28.0. The summed E-state index contributed by atoms with van der Waals surface area (Å²) in [6.07, 6.45) is 0. The first-order valence-electron chi connectivity index (χ1n) is 49.5. The van der Waals surface area contributed by atoms with E-state index in [4.69, 9.17) is 0 Å². The van der Waals surface area contributed by atoms with Gasteiger partial charge in [-0.1, -0.05) is 431 Å². The molecule has 0 aliphatic rings. The predicted molar refractivity (Wildman–Crippen MR) is 616 cm³/mol. The summed E-state index contributed by atoms with van der Waals surface area (Å²) in [5.41, 5.74) is 2.36. The third-order valence-electron chi connectivity index (χ3n) is 34.1. The lowest BCUT2D eigenvalue weighted by Gasteiger charge is -2.17. The molecule has 1 nitrogen and oxygen atoms in total. The van der Waals surface area contributed by atoms with Crippen LogP contribution in [0.1, 0.15) is 0 Å². The Kier molecular flexibility index (Phi) is 13.9. The SMILES string of the molecule is c1ccc2c(c1)ccc1c2ccc2ccc3c(ccc4ccc5c(ccc6ccc7c(ccc8ccc9c(ccc%10ccc%11c(ccc%12ccc%13c(ccc%14ccc%15c(ccc%16ccc%17c(ccc%18ccc%19c(ccc%20ccc%21c(ccc%22ccc%23c(ccc%24ccc%25c(ccc%26ccc%27c(ccc%28ccc%29c(ccc%30ccc%31c(ccc%32c%33ccccc%33[nH]c%32%31)c%30%29)c%28%27)c%26%25)c%24%23)c%22%21)c%20%19)c%18%17)c%16%15)c%14%13)c%12%11)c%109)c87)c65)c43)c21. The van der Waals surface area contributed by atoms with E-state index in [0.717, 1.165) is 0 Å². The number of para-hydroxylation sites is 1. The van der Waals surface area contributed by atoms with Crippen LogP contribution in [-0.4, -0.2) is 4.98 Å². The van der Waals surface area contributed by atoms with E-state index in [-0.39, 0.29) is 0 Å². The van der Waals surface area contributed by atoms with Gasteiger partial charge in [-0.05, 0) is 345 Å². The highest BCUT2D eigenvalue weighted by atomic mass is 14.7. The molecule has 0 fully saturated rings. The van der Waals surface area contributed by atoms with Gasteiger partial charge in [0.25, 0.3) is 0 Å². The number of hydrogen-bond acceptors (Lipinski definition) is 0. The van der Waals surface area contributed by atoms with Gasteiger partial charge in [-0.15, -0.1) is 0 Å². The molecule has 35 aromatic rings. The van der Waals surface area contributed by atoms with Gasteiger partial charge in [0, 0.05) is 21.7 Å². The van der Waals surface area contributed by atoms with Crippen molar-refractivity contribution in [2.75, 3.05) is 0 Å². The zero-order valence-corrected chi connectivity index (χ0v) is 76.1. The first kappa shape index (κ1) is 73.9. The second-order valence-corrected chi connectivity index (χ2v) is 40.4. The molecule has 0 aliphatic heterocycles. The minimum Gasteiger partial charge on any atom is -0.354 e. The molecule has 1 heterocycles. The lowest BCUT2D eigenvalue weighted by Crippen LogP contribution is -1.89. The molecule has 0 aliphatic carbocycles. The molecule has 0 bridgehead atoms. The van der Waals surface area contributed by atoms with Crippen LogP contribution in [0.15, 0.2) is 437 Å². The Labute approximate surface area is 802 Å². The van der Waals surface area contributed by atoms with Gasteiger partial charge >= 0.3 is 0 Å². The van der Waals surface area contributed by atoms with E-state index in [0.29, 0.717) is 0 Å². The molecule has 1 N–H and O–H groups in total. The first-order valence-corrected chi connectivity index (χ1v) is 49.5. The van der Waals surface area contributed by atoms with Gasteiger partial charge in [0.15, 0.2) is 0 Å². The van der Waals surface area contributed by atoms with E-state index in [2.05, 4.69) is 442 Å². The molecule has 0 spiro atoms. The Bertz CT molecular complexity index is 11800. The maximum absolute atomic E-state index is 3.81. The van der Waals surface area contributed by atoms with E-state index in [1.165, 1.54) is 367 Å².